The third-order valence-electron chi connectivity index (χ3n) is 7.08. The lowest BCUT2D eigenvalue weighted by atomic mass is 9.82. The zero-order chi connectivity index (χ0) is 24.7. The summed E-state index contributed by atoms with van der Waals surface area (Å²) in [6.07, 6.45) is 6.84. The molecule has 0 unspecified atom stereocenters. The number of hydrogen-bond acceptors (Lipinski definition) is 6. The number of fused-ring (bicyclic) bond motifs is 1. The Balaban J connectivity index is 1.41. The van der Waals surface area contributed by atoms with Crippen molar-refractivity contribution in [2.75, 3.05) is 7.11 Å². The van der Waals surface area contributed by atoms with Crippen molar-refractivity contribution in [1.29, 1.82) is 0 Å². The van der Waals surface area contributed by atoms with Crippen LogP contribution < -0.4 is 9.47 Å². The van der Waals surface area contributed by atoms with Gasteiger partial charge in [-0.2, -0.15) is 0 Å². The molecule has 2 aromatic heterocycles. The fourth-order valence-electron chi connectivity index (χ4n) is 5.03. The predicted octanol–water partition coefficient (Wildman–Crippen LogP) is 5.79. The Bertz CT molecular complexity index is 1280. The smallest absolute Gasteiger partial charge is 0.306 e. The zero-order valence-electron chi connectivity index (χ0n) is 20.0. The first-order chi connectivity index (χ1) is 16.9. The van der Waals surface area contributed by atoms with Gasteiger partial charge in [-0.1, -0.05) is 30.7 Å². The highest BCUT2D eigenvalue weighted by atomic mass is 35.5. The Hall–Kier alpha value is -3.19. The second-order valence-electron chi connectivity index (χ2n) is 9.43. The number of carbonyl (C=O) groups is 1. The topological polar surface area (TPSA) is 94.4 Å². The van der Waals surface area contributed by atoms with Gasteiger partial charge in [0, 0.05) is 11.6 Å². The van der Waals surface area contributed by atoms with Crippen LogP contribution in [0.1, 0.15) is 60.7 Å². The number of hydrogen-bond donors (Lipinski definition) is 1. The Morgan fingerprint density at radius 3 is 2.69 bits per heavy atom. The highest BCUT2D eigenvalue weighted by Crippen LogP contribution is 2.48. The van der Waals surface area contributed by atoms with Gasteiger partial charge in [0.15, 0.2) is 0 Å². The quantitative estimate of drug-likeness (QED) is 0.445. The molecule has 5 rings (SSSR count). The molecule has 8 heteroatoms. The summed E-state index contributed by atoms with van der Waals surface area (Å²) < 4.78 is 11.6. The third kappa shape index (κ3) is 4.69. The van der Waals surface area contributed by atoms with E-state index in [0.29, 0.717) is 28.1 Å². The van der Waals surface area contributed by atoms with Crippen molar-refractivity contribution in [3.8, 4) is 22.9 Å². The van der Waals surface area contributed by atoms with Gasteiger partial charge in [0.05, 0.1) is 41.8 Å². The molecule has 1 aliphatic heterocycles. The van der Waals surface area contributed by atoms with Gasteiger partial charge < -0.3 is 14.6 Å². The van der Waals surface area contributed by atoms with Gasteiger partial charge in [-0.3, -0.25) is 9.78 Å². The lowest BCUT2D eigenvalue weighted by Crippen LogP contribution is -2.22. The number of methoxy groups -OCH3 is 1. The van der Waals surface area contributed by atoms with Gasteiger partial charge in [-0.25, -0.2) is 9.97 Å². The largest absolute Gasteiger partial charge is 0.484 e. The standard InChI is InChI=1S/C27H28ClN3O4/c1-14(27(32)33)25(17-5-6-17)18-7-4-16-8-9-22(35-23(16)10-18)26-15(2)31-21(13-30-26)19-11-24(34-3)29-12-20(19)28/h4,7,10-14,17,22,25H,5-6,8-9H2,1-3H3,(H,32,33)/t14-,22+,25-/m0/s1. The van der Waals surface area contributed by atoms with E-state index < -0.39 is 11.9 Å². The molecule has 0 spiro atoms. The van der Waals surface area contributed by atoms with E-state index >= 15 is 0 Å². The Morgan fingerprint density at radius 1 is 1.20 bits per heavy atom. The Morgan fingerprint density at radius 2 is 2.00 bits per heavy atom. The Kier molecular flexibility index (Phi) is 6.36. The average molecular weight is 494 g/mol. The summed E-state index contributed by atoms with van der Waals surface area (Å²) in [5.74, 6) is 0.518. The molecule has 35 heavy (non-hydrogen) atoms. The second kappa shape index (κ2) is 9.46. The number of benzene rings is 1. The first-order valence-electron chi connectivity index (χ1n) is 11.9. The second-order valence-corrected chi connectivity index (χ2v) is 9.84. The van der Waals surface area contributed by atoms with Crippen molar-refractivity contribution in [2.24, 2.45) is 11.8 Å². The summed E-state index contributed by atoms with van der Waals surface area (Å²) in [5.41, 5.74) is 5.10. The third-order valence-corrected chi connectivity index (χ3v) is 7.39. The molecule has 182 valence electrons. The van der Waals surface area contributed by atoms with Gasteiger partial charge in [0.2, 0.25) is 5.88 Å². The van der Waals surface area contributed by atoms with E-state index in [4.69, 9.17) is 31.0 Å². The molecule has 1 aromatic carbocycles. The molecular formula is C27H28ClN3O4. The number of ether oxygens (including phenoxy) is 2. The first-order valence-corrected chi connectivity index (χ1v) is 12.3. The first kappa shape index (κ1) is 23.5. The van der Waals surface area contributed by atoms with E-state index in [1.165, 1.54) is 0 Å². The number of rotatable bonds is 7. The minimum Gasteiger partial charge on any atom is -0.484 e. The number of aryl methyl sites for hydroxylation is 2. The summed E-state index contributed by atoms with van der Waals surface area (Å²) in [6.45, 7) is 3.73. The molecule has 1 N–H and O–H groups in total. The molecule has 1 saturated carbocycles. The number of carboxylic acids is 1. The number of nitrogens with zero attached hydrogens (tertiary/aromatic N) is 3. The molecular weight excluding hydrogens is 466 g/mol. The van der Waals surface area contributed by atoms with E-state index in [2.05, 4.69) is 17.1 Å². The molecule has 0 bridgehead atoms. The fraction of sp³-hybridized carbons (Fsp3) is 0.407. The molecule has 3 heterocycles. The van der Waals surface area contributed by atoms with Crippen LogP contribution in [-0.2, 0) is 11.2 Å². The summed E-state index contributed by atoms with van der Waals surface area (Å²) >= 11 is 6.35. The number of carboxylic acid groups (broad SMARTS) is 1. The molecule has 0 radical (unpaired) electrons. The number of halogens is 1. The van der Waals surface area contributed by atoms with Crippen molar-refractivity contribution in [3.05, 3.63) is 64.2 Å². The molecule has 0 saturated heterocycles. The monoisotopic (exact) mass is 493 g/mol. The van der Waals surface area contributed by atoms with E-state index in [-0.39, 0.29) is 12.0 Å². The SMILES string of the molecule is COc1cc(-c2cnc([C@H]3CCc4ccc([C@H](C5CC5)[C@H](C)C(=O)O)cc4O3)c(C)n2)c(Cl)cn1. The van der Waals surface area contributed by atoms with E-state index in [0.717, 1.165) is 53.9 Å². The van der Waals surface area contributed by atoms with Crippen molar-refractivity contribution in [3.63, 3.8) is 0 Å². The van der Waals surface area contributed by atoms with Crippen LogP contribution in [0.4, 0.5) is 0 Å². The molecule has 1 aliphatic carbocycles. The van der Waals surface area contributed by atoms with Gasteiger partial charge in [-0.05, 0) is 61.6 Å². The number of aliphatic carboxylic acids is 1. The maximum atomic E-state index is 11.7. The van der Waals surface area contributed by atoms with Crippen LogP contribution in [-0.4, -0.2) is 33.1 Å². The molecule has 3 atom stereocenters. The predicted molar refractivity (Wildman–Crippen MR) is 132 cm³/mol. The van der Waals surface area contributed by atoms with Crippen LogP contribution in [0.3, 0.4) is 0 Å². The molecule has 7 nitrogen and oxygen atoms in total. The molecule has 1 fully saturated rings. The minimum atomic E-state index is -0.753. The summed E-state index contributed by atoms with van der Waals surface area (Å²) in [7, 11) is 1.55. The molecule has 0 amide bonds. The van der Waals surface area contributed by atoms with Crippen LogP contribution in [0.25, 0.3) is 11.3 Å². The van der Waals surface area contributed by atoms with Crippen LogP contribution >= 0.6 is 11.6 Å². The average Bonchev–Trinajstić information content (AvgIpc) is 3.69. The maximum Gasteiger partial charge on any atom is 0.306 e. The Labute approximate surface area is 209 Å². The van der Waals surface area contributed by atoms with Crippen LogP contribution in [0.15, 0.2) is 36.7 Å². The fourth-order valence-corrected chi connectivity index (χ4v) is 5.23. The highest BCUT2D eigenvalue weighted by Gasteiger charge is 2.39. The minimum absolute atomic E-state index is 0.00434. The highest BCUT2D eigenvalue weighted by molar-refractivity contribution is 6.33. The van der Waals surface area contributed by atoms with Crippen LogP contribution in [0.5, 0.6) is 11.6 Å². The number of aromatic nitrogens is 3. The van der Waals surface area contributed by atoms with Gasteiger partial charge >= 0.3 is 5.97 Å². The lowest BCUT2D eigenvalue weighted by molar-refractivity contribution is -0.142. The van der Waals surface area contributed by atoms with Crippen molar-refractivity contribution in [2.45, 2.75) is 51.6 Å². The van der Waals surface area contributed by atoms with Crippen molar-refractivity contribution < 1.29 is 19.4 Å². The van der Waals surface area contributed by atoms with Gasteiger partial charge in [0.25, 0.3) is 0 Å². The van der Waals surface area contributed by atoms with Gasteiger partial charge in [-0.15, -0.1) is 0 Å². The zero-order valence-corrected chi connectivity index (χ0v) is 20.7. The van der Waals surface area contributed by atoms with E-state index in [1.807, 2.05) is 13.0 Å². The van der Waals surface area contributed by atoms with Crippen LogP contribution in [0.2, 0.25) is 5.02 Å². The summed E-state index contributed by atoms with van der Waals surface area (Å²) in [4.78, 5) is 25.3. The lowest BCUT2D eigenvalue weighted by Gasteiger charge is -2.28. The van der Waals surface area contributed by atoms with Crippen LogP contribution in [0, 0.1) is 18.8 Å². The molecule has 2 aliphatic rings. The van der Waals surface area contributed by atoms with E-state index in [9.17, 15) is 9.90 Å². The number of pyridine rings is 1. The summed E-state index contributed by atoms with van der Waals surface area (Å²) in [6, 6.07) is 7.96. The maximum absolute atomic E-state index is 11.7. The van der Waals surface area contributed by atoms with E-state index in [1.54, 1.807) is 32.5 Å². The van der Waals surface area contributed by atoms with Crippen molar-refractivity contribution >= 4 is 17.6 Å². The normalized spacial score (nSPS) is 18.8. The van der Waals surface area contributed by atoms with Crippen molar-refractivity contribution in [1.82, 2.24) is 15.0 Å². The molecule has 3 aromatic rings. The van der Waals surface area contributed by atoms with Gasteiger partial charge in [0.1, 0.15) is 17.5 Å². The summed E-state index contributed by atoms with van der Waals surface area (Å²) in [5, 5.41) is 10.1.